The fourth-order valence-corrected chi connectivity index (χ4v) is 3.46. The molecule has 0 aromatic heterocycles. The first-order chi connectivity index (χ1) is 9.74. The molecule has 5 nitrogen and oxygen atoms in total. The van der Waals surface area contributed by atoms with E-state index in [1.807, 2.05) is 4.90 Å². The Hall–Kier alpha value is -0.650. The molecule has 1 saturated heterocycles. The van der Waals surface area contributed by atoms with Crippen molar-refractivity contribution in [2.24, 2.45) is 17.6 Å². The molecule has 0 spiro atoms. The zero-order valence-corrected chi connectivity index (χ0v) is 12.5. The minimum absolute atomic E-state index is 0.205. The van der Waals surface area contributed by atoms with Crippen LogP contribution in [0.25, 0.3) is 0 Å². The van der Waals surface area contributed by atoms with Crippen molar-refractivity contribution >= 4 is 5.91 Å². The molecule has 0 aromatic carbocycles. The number of nitrogens with two attached hydrogens (primary N) is 1. The Labute approximate surface area is 122 Å². The minimum atomic E-state index is 0.205. The van der Waals surface area contributed by atoms with Gasteiger partial charge in [-0.3, -0.25) is 9.69 Å². The van der Waals surface area contributed by atoms with Gasteiger partial charge in [-0.05, 0) is 51.1 Å². The summed E-state index contributed by atoms with van der Waals surface area (Å²) in [4.78, 5) is 16.9. The number of nitrogens with zero attached hydrogens (tertiary/aromatic N) is 2. The summed E-state index contributed by atoms with van der Waals surface area (Å²) in [7, 11) is 0. The van der Waals surface area contributed by atoms with E-state index in [9.17, 15) is 4.79 Å². The topological polar surface area (TPSA) is 69.8 Å². The molecular formula is C15H29N3O2. The van der Waals surface area contributed by atoms with E-state index in [1.165, 1.54) is 0 Å². The van der Waals surface area contributed by atoms with Gasteiger partial charge in [-0.1, -0.05) is 0 Å². The second-order valence-electron chi connectivity index (χ2n) is 6.20. The Morgan fingerprint density at radius 1 is 1.10 bits per heavy atom. The molecule has 1 saturated carbocycles. The number of aliphatic hydroxyl groups excluding tert-OH is 1. The summed E-state index contributed by atoms with van der Waals surface area (Å²) in [6.07, 6.45) is 5.26. The SMILES string of the molecule is NCC1CCC(C(=O)N2CCCN(CCO)CC2)CC1. The van der Waals surface area contributed by atoms with E-state index in [4.69, 9.17) is 10.8 Å². The van der Waals surface area contributed by atoms with Gasteiger partial charge >= 0.3 is 0 Å². The smallest absolute Gasteiger partial charge is 0.225 e. The number of carbonyl (C=O) groups is 1. The number of aliphatic hydroxyl groups is 1. The third-order valence-corrected chi connectivity index (χ3v) is 4.85. The fourth-order valence-electron chi connectivity index (χ4n) is 3.46. The molecule has 1 heterocycles. The average Bonchev–Trinajstić information content (AvgIpc) is 2.73. The van der Waals surface area contributed by atoms with E-state index in [-0.39, 0.29) is 12.5 Å². The molecule has 116 valence electrons. The van der Waals surface area contributed by atoms with Gasteiger partial charge in [0.05, 0.1) is 6.61 Å². The van der Waals surface area contributed by atoms with Gasteiger partial charge in [0.1, 0.15) is 0 Å². The van der Waals surface area contributed by atoms with Crippen molar-refractivity contribution in [2.45, 2.75) is 32.1 Å². The van der Waals surface area contributed by atoms with E-state index in [1.54, 1.807) is 0 Å². The quantitative estimate of drug-likeness (QED) is 0.777. The summed E-state index contributed by atoms with van der Waals surface area (Å²) in [6, 6.07) is 0. The van der Waals surface area contributed by atoms with Crippen molar-refractivity contribution in [1.29, 1.82) is 0 Å². The van der Waals surface area contributed by atoms with Crippen molar-refractivity contribution < 1.29 is 9.90 Å². The molecule has 2 rings (SSSR count). The number of hydrogen-bond donors (Lipinski definition) is 2. The van der Waals surface area contributed by atoms with Crippen LogP contribution in [0.3, 0.4) is 0 Å². The molecule has 0 aromatic rings. The lowest BCUT2D eigenvalue weighted by Gasteiger charge is -2.31. The lowest BCUT2D eigenvalue weighted by atomic mass is 9.81. The van der Waals surface area contributed by atoms with Crippen LogP contribution >= 0.6 is 0 Å². The number of amides is 1. The van der Waals surface area contributed by atoms with Gasteiger partial charge in [-0.15, -0.1) is 0 Å². The Balaban J connectivity index is 1.80. The number of rotatable bonds is 4. The van der Waals surface area contributed by atoms with E-state index >= 15 is 0 Å². The molecule has 2 aliphatic rings. The van der Waals surface area contributed by atoms with Crippen LogP contribution in [-0.4, -0.2) is 66.7 Å². The summed E-state index contributed by atoms with van der Waals surface area (Å²) in [5.41, 5.74) is 5.71. The van der Waals surface area contributed by atoms with Crippen molar-refractivity contribution in [1.82, 2.24) is 9.80 Å². The third kappa shape index (κ3) is 4.17. The molecule has 3 N–H and O–H groups in total. The molecule has 0 unspecified atom stereocenters. The lowest BCUT2D eigenvalue weighted by molar-refractivity contribution is -0.136. The predicted octanol–water partition coefficient (Wildman–Crippen LogP) is 0.278. The van der Waals surface area contributed by atoms with E-state index in [2.05, 4.69) is 4.90 Å². The van der Waals surface area contributed by atoms with E-state index in [0.717, 1.165) is 71.4 Å². The first-order valence-electron chi connectivity index (χ1n) is 8.06. The van der Waals surface area contributed by atoms with Crippen LogP contribution in [0.1, 0.15) is 32.1 Å². The number of β-amino-alcohol motifs (C(OH)–C–C–N with tert-alkyl or cyclic N) is 1. The Morgan fingerprint density at radius 3 is 2.50 bits per heavy atom. The maximum absolute atomic E-state index is 12.6. The van der Waals surface area contributed by atoms with Crippen LogP contribution < -0.4 is 5.73 Å². The van der Waals surface area contributed by atoms with Gasteiger partial charge in [0.25, 0.3) is 0 Å². The van der Waals surface area contributed by atoms with Crippen LogP contribution in [0.4, 0.5) is 0 Å². The zero-order chi connectivity index (χ0) is 14.4. The molecule has 0 atom stereocenters. The second-order valence-corrected chi connectivity index (χ2v) is 6.20. The maximum atomic E-state index is 12.6. The summed E-state index contributed by atoms with van der Waals surface area (Å²) >= 11 is 0. The molecule has 0 radical (unpaired) electrons. The largest absolute Gasteiger partial charge is 0.395 e. The summed E-state index contributed by atoms with van der Waals surface area (Å²) in [6.45, 7) is 5.27. The first kappa shape index (κ1) is 15.7. The molecule has 2 fully saturated rings. The molecule has 0 bridgehead atoms. The average molecular weight is 283 g/mol. The predicted molar refractivity (Wildman–Crippen MR) is 79.2 cm³/mol. The fraction of sp³-hybridized carbons (Fsp3) is 0.933. The highest BCUT2D eigenvalue weighted by Crippen LogP contribution is 2.29. The van der Waals surface area contributed by atoms with Crippen molar-refractivity contribution in [3.63, 3.8) is 0 Å². The summed E-state index contributed by atoms with van der Waals surface area (Å²) in [5.74, 6) is 1.21. The van der Waals surface area contributed by atoms with Crippen LogP contribution in [-0.2, 0) is 4.79 Å². The highest BCUT2D eigenvalue weighted by molar-refractivity contribution is 5.79. The van der Waals surface area contributed by atoms with Crippen molar-refractivity contribution in [2.75, 3.05) is 45.9 Å². The first-order valence-corrected chi connectivity index (χ1v) is 8.06. The zero-order valence-electron chi connectivity index (χ0n) is 12.5. The van der Waals surface area contributed by atoms with E-state index in [0.29, 0.717) is 11.8 Å². The Morgan fingerprint density at radius 2 is 1.85 bits per heavy atom. The van der Waals surface area contributed by atoms with Crippen LogP contribution in [0.2, 0.25) is 0 Å². The Bertz CT molecular complexity index is 303. The molecule has 1 amide bonds. The third-order valence-electron chi connectivity index (χ3n) is 4.85. The number of hydrogen-bond acceptors (Lipinski definition) is 4. The van der Waals surface area contributed by atoms with E-state index < -0.39 is 0 Å². The van der Waals surface area contributed by atoms with Gasteiger partial charge < -0.3 is 15.7 Å². The van der Waals surface area contributed by atoms with Crippen LogP contribution in [0.5, 0.6) is 0 Å². The normalized spacial score (nSPS) is 29.2. The second kappa shape index (κ2) is 7.96. The van der Waals surface area contributed by atoms with Crippen molar-refractivity contribution in [3.8, 4) is 0 Å². The number of carbonyl (C=O) groups excluding carboxylic acids is 1. The van der Waals surface area contributed by atoms with Gasteiger partial charge in [-0.2, -0.15) is 0 Å². The van der Waals surface area contributed by atoms with Gasteiger partial charge in [0.2, 0.25) is 5.91 Å². The standard InChI is InChI=1S/C15H29N3O2/c16-12-13-2-4-14(5-3-13)15(20)18-7-1-6-17(8-9-18)10-11-19/h13-14,19H,1-12,16H2. The highest BCUT2D eigenvalue weighted by atomic mass is 16.3. The van der Waals surface area contributed by atoms with Gasteiger partial charge in [-0.25, -0.2) is 0 Å². The van der Waals surface area contributed by atoms with Crippen LogP contribution in [0, 0.1) is 11.8 Å². The van der Waals surface area contributed by atoms with Crippen molar-refractivity contribution in [3.05, 3.63) is 0 Å². The maximum Gasteiger partial charge on any atom is 0.225 e. The molecular weight excluding hydrogens is 254 g/mol. The summed E-state index contributed by atoms with van der Waals surface area (Å²) in [5, 5.41) is 9.01. The Kier molecular flexibility index (Phi) is 6.26. The lowest BCUT2D eigenvalue weighted by Crippen LogP contribution is -2.40. The van der Waals surface area contributed by atoms with Crippen LogP contribution in [0.15, 0.2) is 0 Å². The molecule has 5 heteroatoms. The monoisotopic (exact) mass is 283 g/mol. The minimum Gasteiger partial charge on any atom is -0.395 e. The van der Waals surface area contributed by atoms with Gasteiger partial charge in [0, 0.05) is 32.1 Å². The highest BCUT2D eigenvalue weighted by Gasteiger charge is 2.29. The van der Waals surface area contributed by atoms with Gasteiger partial charge in [0.15, 0.2) is 0 Å². The summed E-state index contributed by atoms with van der Waals surface area (Å²) < 4.78 is 0. The molecule has 1 aliphatic carbocycles. The molecule has 20 heavy (non-hydrogen) atoms. The molecule has 1 aliphatic heterocycles.